The van der Waals surface area contributed by atoms with Gasteiger partial charge in [0.15, 0.2) is 5.82 Å². The van der Waals surface area contributed by atoms with Crippen molar-refractivity contribution >= 4 is 29.6 Å². The summed E-state index contributed by atoms with van der Waals surface area (Å²) in [4.78, 5) is 30.1. The number of nitrogens with one attached hydrogen (secondary N) is 1. The fourth-order valence-corrected chi connectivity index (χ4v) is 2.29. The van der Waals surface area contributed by atoms with Gasteiger partial charge < -0.3 is 15.1 Å². The van der Waals surface area contributed by atoms with E-state index in [2.05, 4.69) is 20.3 Å². The van der Waals surface area contributed by atoms with E-state index in [4.69, 9.17) is 0 Å². The summed E-state index contributed by atoms with van der Waals surface area (Å²) in [5.41, 5.74) is 0.613. The summed E-state index contributed by atoms with van der Waals surface area (Å²) in [6, 6.07) is 7.48. The van der Waals surface area contributed by atoms with Gasteiger partial charge >= 0.3 is 0 Å². The maximum Gasteiger partial charge on any atom is 0.251 e. The van der Waals surface area contributed by atoms with Gasteiger partial charge in [-0.3, -0.25) is 4.79 Å². The van der Waals surface area contributed by atoms with Crippen molar-refractivity contribution in [3.05, 3.63) is 35.7 Å². The molecule has 7 nitrogen and oxygen atoms in total. The van der Waals surface area contributed by atoms with Crippen LogP contribution in [0, 0.1) is 0 Å². The lowest BCUT2D eigenvalue weighted by molar-refractivity contribution is 0.0950. The summed E-state index contributed by atoms with van der Waals surface area (Å²) in [7, 11) is 7.46. The van der Waals surface area contributed by atoms with E-state index in [9.17, 15) is 4.79 Å². The summed E-state index contributed by atoms with van der Waals surface area (Å²) < 4.78 is 0. The maximum absolute atomic E-state index is 12.2. The van der Waals surface area contributed by atoms with Crippen LogP contribution in [0.5, 0.6) is 0 Å². The predicted octanol–water partition coefficient (Wildman–Crippen LogP) is 1.66. The topological polar surface area (TPSA) is 74.2 Å². The van der Waals surface area contributed by atoms with Crippen LogP contribution in [-0.4, -0.2) is 55.3 Å². The van der Waals surface area contributed by atoms with Crippen molar-refractivity contribution in [3.63, 3.8) is 0 Å². The fraction of sp³-hybridized carbons (Fsp3) is 0.375. The van der Waals surface area contributed by atoms with Crippen molar-refractivity contribution in [3.8, 4) is 0 Å². The third kappa shape index (κ3) is 4.58. The lowest BCUT2D eigenvalue weighted by Crippen LogP contribution is -2.26. The first-order valence-corrected chi connectivity index (χ1v) is 8.65. The van der Waals surface area contributed by atoms with Crippen LogP contribution in [-0.2, 0) is 6.54 Å². The first kappa shape index (κ1) is 18.0. The second-order valence-electron chi connectivity index (χ2n) is 5.55. The Morgan fingerprint density at radius 3 is 2.00 bits per heavy atom. The molecule has 2 aromatic rings. The Kier molecular flexibility index (Phi) is 5.97. The second kappa shape index (κ2) is 7.96. The van der Waals surface area contributed by atoms with E-state index in [0.717, 1.165) is 4.90 Å². The van der Waals surface area contributed by atoms with Gasteiger partial charge in [0.25, 0.3) is 5.91 Å². The molecule has 0 fully saturated rings. The minimum Gasteiger partial charge on any atom is -0.347 e. The highest BCUT2D eigenvalue weighted by molar-refractivity contribution is 7.98. The first-order valence-electron chi connectivity index (χ1n) is 7.42. The number of amides is 1. The van der Waals surface area contributed by atoms with Crippen LogP contribution in [0.25, 0.3) is 0 Å². The van der Waals surface area contributed by atoms with E-state index >= 15 is 0 Å². The smallest absolute Gasteiger partial charge is 0.251 e. The van der Waals surface area contributed by atoms with Crippen molar-refractivity contribution in [2.24, 2.45) is 0 Å². The van der Waals surface area contributed by atoms with Gasteiger partial charge in [-0.15, -0.1) is 11.8 Å². The Balaban J connectivity index is 2.11. The molecular weight excluding hydrogens is 324 g/mol. The average Bonchev–Trinajstić information content (AvgIpc) is 2.59. The summed E-state index contributed by atoms with van der Waals surface area (Å²) in [5, 5.41) is 2.85. The largest absolute Gasteiger partial charge is 0.347 e. The molecular formula is C16H22N6OS. The van der Waals surface area contributed by atoms with Crippen LogP contribution in [0.2, 0.25) is 0 Å². The summed E-state index contributed by atoms with van der Waals surface area (Å²) in [6.45, 7) is 0.243. The van der Waals surface area contributed by atoms with Gasteiger partial charge in [-0.2, -0.15) is 15.0 Å². The second-order valence-corrected chi connectivity index (χ2v) is 6.43. The quantitative estimate of drug-likeness (QED) is 0.797. The molecule has 0 bridgehead atoms. The highest BCUT2D eigenvalue weighted by Gasteiger charge is 2.11. The monoisotopic (exact) mass is 346 g/mol. The molecule has 0 radical (unpaired) electrons. The zero-order chi connectivity index (χ0) is 17.7. The highest BCUT2D eigenvalue weighted by Crippen LogP contribution is 2.15. The normalized spacial score (nSPS) is 10.4. The predicted molar refractivity (Wildman–Crippen MR) is 97.9 cm³/mol. The average molecular weight is 346 g/mol. The molecule has 0 spiro atoms. The standard InChI is InChI=1S/C16H22N6OS/c1-21(2)15-18-13(19-16(20-15)22(3)4)10-17-14(23)11-6-8-12(24-5)9-7-11/h6-9H,10H2,1-5H3,(H,17,23). The summed E-state index contributed by atoms with van der Waals surface area (Å²) in [5.74, 6) is 1.48. The van der Waals surface area contributed by atoms with Crippen LogP contribution < -0.4 is 15.1 Å². The number of aromatic nitrogens is 3. The Hall–Kier alpha value is -2.35. The van der Waals surface area contributed by atoms with Gasteiger partial charge in [-0.1, -0.05) is 0 Å². The Bertz CT molecular complexity index is 676. The molecule has 8 heteroatoms. The molecule has 0 unspecified atom stereocenters. The zero-order valence-corrected chi connectivity index (χ0v) is 15.4. The molecule has 0 aliphatic heterocycles. The number of rotatable bonds is 6. The van der Waals surface area contributed by atoms with E-state index in [-0.39, 0.29) is 12.5 Å². The van der Waals surface area contributed by atoms with Crippen LogP contribution in [0.1, 0.15) is 16.2 Å². The number of thioether (sulfide) groups is 1. The maximum atomic E-state index is 12.2. The molecule has 1 N–H and O–H groups in total. The molecule has 128 valence electrons. The number of benzene rings is 1. The van der Waals surface area contributed by atoms with E-state index in [1.54, 1.807) is 21.6 Å². The number of hydrogen-bond acceptors (Lipinski definition) is 7. The van der Waals surface area contributed by atoms with Gasteiger partial charge in [-0.05, 0) is 30.5 Å². The Labute approximate surface area is 146 Å². The van der Waals surface area contributed by atoms with Crippen molar-refractivity contribution in [2.45, 2.75) is 11.4 Å². The molecule has 0 saturated carbocycles. The number of carbonyl (C=O) groups excluding carboxylic acids is 1. The number of anilines is 2. The molecule has 0 saturated heterocycles. The molecule has 1 amide bonds. The molecule has 0 atom stereocenters. The van der Waals surface area contributed by atoms with Crippen LogP contribution in [0.4, 0.5) is 11.9 Å². The Morgan fingerprint density at radius 1 is 1.00 bits per heavy atom. The van der Waals surface area contributed by atoms with E-state index < -0.39 is 0 Å². The fourth-order valence-electron chi connectivity index (χ4n) is 1.88. The van der Waals surface area contributed by atoms with Crippen molar-refractivity contribution in [1.82, 2.24) is 20.3 Å². The van der Waals surface area contributed by atoms with Gasteiger partial charge in [0, 0.05) is 38.6 Å². The minimum absolute atomic E-state index is 0.152. The minimum atomic E-state index is -0.152. The summed E-state index contributed by atoms with van der Waals surface area (Å²) in [6.07, 6.45) is 2.00. The molecule has 1 heterocycles. The van der Waals surface area contributed by atoms with Crippen molar-refractivity contribution < 1.29 is 4.79 Å². The SMILES string of the molecule is CSc1ccc(C(=O)NCc2nc(N(C)C)nc(N(C)C)n2)cc1. The van der Waals surface area contributed by atoms with Crippen LogP contribution in [0.3, 0.4) is 0 Å². The summed E-state index contributed by atoms with van der Waals surface area (Å²) >= 11 is 1.64. The first-order chi connectivity index (χ1) is 11.4. The molecule has 24 heavy (non-hydrogen) atoms. The molecule has 2 rings (SSSR count). The molecule has 0 aliphatic rings. The number of hydrogen-bond donors (Lipinski definition) is 1. The van der Waals surface area contributed by atoms with Gasteiger partial charge in [0.05, 0.1) is 6.54 Å². The third-order valence-electron chi connectivity index (χ3n) is 3.22. The van der Waals surface area contributed by atoms with Crippen molar-refractivity contribution in [1.29, 1.82) is 0 Å². The van der Waals surface area contributed by atoms with Crippen LogP contribution >= 0.6 is 11.8 Å². The van der Waals surface area contributed by atoms with E-state index in [0.29, 0.717) is 23.3 Å². The lowest BCUT2D eigenvalue weighted by Gasteiger charge is -2.16. The van der Waals surface area contributed by atoms with Gasteiger partial charge in [0.1, 0.15) is 0 Å². The Morgan fingerprint density at radius 2 is 1.54 bits per heavy atom. The van der Waals surface area contributed by atoms with E-state index in [1.165, 1.54) is 0 Å². The molecule has 1 aromatic heterocycles. The van der Waals surface area contributed by atoms with Gasteiger partial charge in [0.2, 0.25) is 11.9 Å². The van der Waals surface area contributed by atoms with E-state index in [1.807, 2.05) is 58.7 Å². The zero-order valence-electron chi connectivity index (χ0n) is 14.6. The van der Waals surface area contributed by atoms with Crippen molar-refractivity contribution in [2.75, 3.05) is 44.2 Å². The lowest BCUT2D eigenvalue weighted by atomic mass is 10.2. The molecule has 0 aliphatic carbocycles. The molecule has 1 aromatic carbocycles. The van der Waals surface area contributed by atoms with Crippen LogP contribution in [0.15, 0.2) is 29.2 Å². The third-order valence-corrected chi connectivity index (χ3v) is 3.96. The number of nitrogens with zero attached hydrogens (tertiary/aromatic N) is 5. The highest BCUT2D eigenvalue weighted by atomic mass is 32.2. The number of carbonyl (C=O) groups is 1. The van der Waals surface area contributed by atoms with Gasteiger partial charge in [-0.25, -0.2) is 0 Å².